The highest BCUT2D eigenvalue weighted by atomic mass is 79.9. The first-order chi connectivity index (χ1) is 8.72. The van der Waals surface area contributed by atoms with E-state index >= 15 is 0 Å². The zero-order chi connectivity index (χ0) is 14.6. The summed E-state index contributed by atoms with van der Waals surface area (Å²) in [7, 11) is 0. The van der Waals surface area contributed by atoms with E-state index in [2.05, 4.69) is 21.2 Å². The molecule has 0 unspecified atom stereocenters. The average molecular weight is 326 g/mol. The lowest BCUT2D eigenvalue weighted by Crippen LogP contribution is -2.49. The number of hydrogen-bond acceptors (Lipinski definition) is 2. The minimum atomic E-state index is -1.29. The van der Waals surface area contributed by atoms with E-state index in [4.69, 9.17) is 5.11 Å². The molecule has 0 aliphatic rings. The van der Waals surface area contributed by atoms with Crippen LogP contribution in [-0.2, 0) is 9.59 Å². The highest BCUT2D eigenvalue weighted by molar-refractivity contribution is 9.10. The third kappa shape index (κ3) is 4.52. The molecule has 4 nitrogen and oxygen atoms in total. The van der Waals surface area contributed by atoms with Crippen molar-refractivity contribution in [2.75, 3.05) is 0 Å². The average Bonchev–Trinajstić information content (AvgIpc) is 2.27. The monoisotopic (exact) mass is 325 g/mol. The molecule has 1 aromatic rings. The van der Waals surface area contributed by atoms with E-state index in [-0.39, 0.29) is 0 Å². The zero-order valence-corrected chi connectivity index (χ0v) is 12.6. The van der Waals surface area contributed by atoms with Crippen molar-refractivity contribution in [3.8, 4) is 0 Å². The molecule has 1 aromatic carbocycles. The van der Waals surface area contributed by atoms with E-state index < -0.39 is 17.4 Å². The van der Waals surface area contributed by atoms with Crippen LogP contribution in [0.5, 0.6) is 0 Å². The van der Waals surface area contributed by atoms with E-state index in [9.17, 15) is 9.59 Å². The maximum Gasteiger partial charge on any atom is 0.328 e. The van der Waals surface area contributed by atoms with E-state index in [1.54, 1.807) is 6.08 Å². The number of carboxylic acid groups (broad SMARTS) is 1. The fraction of sp³-hybridized carbons (Fsp3) is 0.286. The van der Waals surface area contributed by atoms with Crippen molar-refractivity contribution in [1.29, 1.82) is 0 Å². The summed E-state index contributed by atoms with van der Waals surface area (Å²) in [4.78, 5) is 22.5. The van der Waals surface area contributed by atoms with Gasteiger partial charge in [0.25, 0.3) is 0 Å². The van der Waals surface area contributed by atoms with E-state index in [0.717, 1.165) is 15.6 Å². The summed E-state index contributed by atoms with van der Waals surface area (Å²) < 4.78 is 0.883. The second kappa shape index (κ2) is 6.02. The number of carboxylic acids is 1. The molecular formula is C14H16BrNO3. The van der Waals surface area contributed by atoms with Crippen LogP contribution in [0.25, 0.3) is 6.08 Å². The number of hydrogen-bond donors (Lipinski definition) is 2. The van der Waals surface area contributed by atoms with Crippen LogP contribution in [0.3, 0.4) is 0 Å². The third-order valence-electron chi connectivity index (χ3n) is 2.54. The number of amides is 1. The number of aryl methyl sites for hydroxylation is 1. The molecule has 19 heavy (non-hydrogen) atoms. The molecule has 0 heterocycles. The van der Waals surface area contributed by atoms with Gasteiger partial charge in [-0.2, -0.15) is 0 Å². The standard InChI is InChI=1S/C14H16BrNO3/c1-9-4-5-10(11(15)8-9)6-7-12(17)16-14(2,3)13(18)19/h4-8H,1-3H3,(H,16,17)(H,18,19)/b7-6+. The van der Waals surface area contributed by atoms with Gasteiger partial charge in [-0.05, 0) is 44.0 Å². The Labute approximate surface area is 120 Å². The van der Waals surface area contributed by atoms with Crippen LogP contribution in [0.15, 0.2) is 28.7 Å². The smallest absolute Gasteiger partial charge is 0.328 e. The number of halogens is 1. The van der Waals surface area contributed by atoms with Gasteiger partial charge in [0, 0.05) is 10.5 Å². The molecule has 0 saturated carbocycles. The van der Waals surface area contributed by atoms with Crippen LogP contribution in [0.1, 0.15) is 25.0 Å². The van der Waals surface area contributed by atoms with Gasteiger partial charge in [-0.15, -0.1) is 0 Å². The van der Waals surface area contributed by atoms with Gasteiger partial charge < -0.3 is 10.4 Å². The van der Waals surface area contributed by atoms with Crippen molar-refractivity contribution in [2.45, 2.75) is 26.3 Å². The quantitative estimate of drug-likeness (QED) is 0.836. The summed E-state index contributed by atoms with van der Waals surface area (Å²) in [6, 6.07) is 5.76. The second-order valence-corrected chi connectivity index (χ2v) is 5.63. The third-order valence-corrected chi connectivity index (χ3v) is 3.23. The molecule has 102 valence electrons. The Morgan fingerprint density at radius 3 is 2.53 bits per heavy atom. The molecule has 0 atom stereocenters. The second-order valence-electron chi connectivity index (χ2n) is 4.78. The highest BCUT2D eigenvalue weighted by Crippen LogP contribution is 2.19. The maximum atomic E-state index is 11.6. The number of rotatable bonds is 4. The van der Waals surface area contributed by atoms with Crippen LogP contribution in [0.2, 0.25) is 0 Å². The molecule has 0 aliphatic heterocycles. The number of carbonyl (C=O) groups is 2. The molecule has 0 saturated heterocycles. The Morgan fingerprint density at radius 2 is 2.00 bits per heavy atom. The molecular weight excluding hydrogens is 310 g/mol. The predicted molar refractivity (Wildman–Crippen MR) is 77.8 cm³/mol. The van der Waals surface area contributed by atoms with Gasteiger partial charge in [-0.3, -0.25) is 4.79 Å². The first-order valence-corrected chi connectivity index (χ1v) is 6.51. The zero-order valence-electron chi connectivity index (χ0n) is 11.0. The van der Waals surface area contributed by atoms with Gasteiger partial charge in [0.05, 0.1) is 0 Å². The maximum absolute atomic E-state index is 11.6. The van der Waals surface area contributed by atoms with E-state index in [1.807, 2.05) is 25.1 Å². The first-order valence-electron chi connectivity index (χ1n) is 5.72. The fourth-order valence-corrected chi connectivity index (χ4v) is 1.96. The van der Waals surface area contributed by atoms with E-state index in [1.165, 1.54) is 19.9 Å². The van der Waals surface area contributed by atoms with Crippen LogP contribution < -0.4 is 5.32 Å². The lowest BCUT2D eigenvalue weighted by Gasteiger charge is -2.19. The van der Waals surface area contributed by atoms with Gasteiger partial charge in [0.1, 0.15) is 5.54 Å². The molecule has 2 N–H and O–H groups in total. The minimum Gasteiger partial charge on any atom is -0.480 e. The molecule has 0 aromatic heterocycles. The lowest BCUT2D eigenvalue weighted by molar-refractivity contribution is -0.145. The van der Waals surface area contributed by atoms with Crippen molar-refractivity contribution >= 4 is 33.9 Å². The predicted octanol–water partition coefficient (Wildman–Crippen LogP) is 2.75. The van der Waals surface area contributed by atoms with Crippen LogP contribution >= 0.6 is 15.9 Å². The summed E-state index contributed by atoms with van der Waals surface area (Å²) in [5, 5.41) is 11.3. The number of carbonyl (C=O) groups excluding carboxylic acids is 1. The van der Waals surface area contributed by atoms with Gasteiger partial charge in [0.2, 0.25) is 5.91 Å². The molecule has 0 radical (unpaired) electrons. The van der Waals surface area contributed by atoms with Crippen molar-refractivity contribution in [3.63, 3.8) is 0 Å². The SMILES string of the molecule is Cc1ccc(/C=C/C(=O)NC(C)(C)C(=O)O)c(Br)c1. The van der Waals surface area contributed by atoms with Gasteiger partial charge in [0.15, 0.2) is 0 Å². The Bertz CT molecular complexity index is 535. The molecule has 0 bridgehead atoms. The topological polar surface area (TPSA) is 66.4 Å². The molecule has 1 amide bonds. The van der Waals surface area contributed by atoms with Crippen LogP contribution in [0.4, 0.5) is 0 Å². The van der Waals surface area contributed by atoms with Gasteiger partial charge >= 0.3 is 5.97 Å². The molecule has 0 spiro atoms. The van der Waals surface area contributed by atoms with Gasteiger partial charge in [-0.25, -0.2) is 4.79 Å². The number of benzene rings is 1. The van der Waals surface area contributed by atoms with E-state index in [0.29, 0.717) is 0 Å². The van der Waals surface area contributed by atoms with Crippen molar-refractivity contribution < 1.29 is 14.7 Å². The normalized spacial score (nSPS) is 11.6. The minimum absolute atomic E-state index is 0.445. The Balaban J connectivity index is 2.77. The largest absolute Gasteiger partial charge is 0.480 e. The summed E-state index contributed by atoms with van der Waals surface area (Å²) in [6.45, 7) is 4.84. The Hall–Kier alpha value is -1.62. The van der Waals surface area contributed by atoms with Crippen molar-refractivity contribution in [1.82, 2.24) is 5.32 Å². The van der Waals surface area contributed by atoms with Crippen LogP contribution in [0, 0.1) is 6.92 Å². The fourth-order valence-electron chi connectivity index (χ4n) is 1.34. The first kappa shape index (κ1) is 15.4. The summed E-state index contributed by atoms with van der Waals surface area (Å²) >= 11 is 3.40. The van der Waals surface area contributed by atoms with Crippen LogP contribution in [-0.4, -0.2) is 22.5 Å². The number of aliphatic carboxylic acids is 1. The molecule has 5 heteroatoms. The lowest BCUT2D eigenvalue weighted by atomic mass is 10.1. The molecule has 0 aliphatic carbocycles. The molecule has 0 fully saturated rings. The summed E-state index contributed by atoms with van der Waals surface area (Å²) in [6.07, 6.45) is 2.96. The highest BCUT2D eigenvalue weighted by Gasteiger charge is 2.27. The summed E-state index contributed by atoms with van der Waals surface area (Å²) in [5.74, 6) is -1.52. The Morgan fingerprint density at radius 1 is 1.37 bits per heavy atom. The molecule has 1 rings (SSSR count). The van der Waals surface area contributed by atoms with Crippen molar-refractivity contribution in [3.05, 3.63) is 39.9 Å². The summed E-state index contributed by atoms with van der Waals surface area (Å²) in [5.41, 5.74) is 0.681. The van der Waals surface area contributed by atoms with Gasteiger partial charge in [-0.1, -0.05) is 28.1 Å². The van der Waals surface area contributed by atoms with Crippen molar-refractivity contribution in [2.24, 2.45) is 0 Å². The number of nitrogens with one attached hydrogen (secondary N) is 1. The Kier molecular flexibility index (Phi) is 4.89.